The van der Waals surface area contributed by atoms with Crippen LogP contribution in [0.5, 0.6) is 0 Å². The molecule has 1 aromatic rings. The second-order valence-electron chi connectivity index (χ2n) is 4.22. The first-order valence-corrected chi connectivity index (χ1v) is 6.30. The fraction of sp³-hybridized carbons (Fsp3) is 0.429. The van der Waals surface area contributed by atoms with E-state index >= 15 is 0 Å². The van der Waals surface area contributed by atoms with E-state index in [1.54, 1.807) is 24.3 Å². The Balaban J connectivity index is 2.36. The lowest BCUT2D eigenvalue weighted by atomic mass is 10.1. The first kappa shape index (κ1) is 15.2. The molecule has 5 heteroatoms. The van der Waals surface area contributed by atoms with Gasteiger partial charge >= 0.3 is 5.97 Å². The molecule has 0 radical (unpaired) electrons. The molecule has 0 aliphatic rings. The minimum atomic E-state index is -0.874. The molecule has 1 rings (SSSR count). The van der Waals surface area contributed by atoms with Crippen LogP contribution in [0.25, 0.3) is 0 Å². The number of aliphatic carboxylic acids is 1. The fourth-order valence-electron chi connectivity index (χ4n) is 1.49. The summed E-state index contributed by atoms with van der Waals surface area (Å²) in [5.41, 5.74) is 1.34. The molecule has 0 aliphatic heterocycles. The van der Waals surface area contributed by atoms with Gasteiger partial charge in [0.1, 0.15) is 6.61 Å². The molecular formula is C14H19NO4. The minimum Gasteiger partial charge on any atom is -0.481 e. The summed E-state index contributed by atoms with van der Waals surface area (Å²) in [7, 11) is 0. The van der Waals surface area contributed by atoms with Crippen LogP contribution in [0, 0.1) is 0 Å². The van der Waals surface area contributed by atoms with Crippen LogP contribution >= 0.6 is 0 Å². The number of anilines is 1. The highest BCUT2D eigenvalue weighted by molar-refractivity contribution is 5.91. The fourth-order valence-corrected chi connectivity index (χ4v) is 1.49. The second kappa shape index (κ2) is 8.26. The molecule has 104 valence electrons. The van der Waals surface area contributed by atoms with E-state index in [2.05, 4.69) is 12.2 Å². The minimum absolute atomic E-state index is 0.0195. The monoisotopic (exact) mass is 265 g/mol. The van der Waals surface area contributed by atoms with Gasteiger partial charge < -0.3 is 15.2 Å². The van der Waals surface area contributed by atoms with Crippen molar-refractivity contribution in [3.8, 4) is 0 Å². The van der Waals surface area contributed by atoms with Crippen LogP contribution in [0.3, 0.4) is 0 Å². The molecule has 0 atom stereocenters. The van der Waals surface area contributed by atoms with E-state index in [1.165, 1.54) is 0 Å². The average Bonchev–Trinajstić information content (AvgIpc) is 2.36. The second-order valence-corrected chi connectivity index (χ2v) is 4.22. The number of carboxylic acid groups (broad SMARTS) is 1. The first-order valence-electron chi connectivity index (χ1n) is 6.30. The maximum Gasteiger partial charge on any atom is 0.307 e. The smallest absolute Gasteiger partial charge is 0.307 e. The van der Waals surface area contributed by atoms with Gasteiger partial charge in [0, 0.05) is 12.3 Å². The summed E-state index contributed by atoms with van der Waals surface area (Å²) >= 11 is 0. The molecule has 0 saturated heterocycles. The number of nitrogens with one attached hydrogen (secondary N) is 1. The zero-order valence-corrected chi connectivity index (χ0v) is 11.0. The molecule has 0 heterocycles. The number of carbonyl (C=O) groups excluding carboxylic acids is 1. The quantitative estimate of drug-likeness (QED) is 0.705. The van der Waals surface area contributed by atoms with Crippen LogP contribution < -0.4 is 5.32 Å². The molecule has 1 amide bonds. The molecule has 0 unspecified atom stereocenters. The predicted octanol–water partition coefficient (Wildman–Crippen LogP) is 2.07. The van der Waals surface area contributed by atoms with Gasteiger partial charge in [-0.2, -0.15) is 0 Å². The van der Waals surface area contributed by atoms with Gasteiger partial charge in [0.15, 0.2) is 0 Å². The van der Waals surface area contributed by atoms with Gasteiger partial charge in [0.2, 0.25) is 5.91 Å². The highest BCUT2D eigenvalue weighted by Crippen LogP contribution is 2.10. The number of amides is 1. The third-order valence-electron chi connectivity index (χ3n) is 2.47. The first-order chi connectivity index (χ1) is 9.11. The van der Waals surface area contributed by atoms with Crippen LogP contribution in [-0.2, 0) is 20.7 Å². The normalized spacial score (nSPS) is 10.2. The zero-order chi connectivity index (χ0) is 14.1. The number of carbonyl (C=O) groups is 2. The number of benzene rings is 1. The highest BCUT2D eigenvalue weighted by Gasteiger charge is 2.04. The Labute approximate surface area is 112 Å². The number of hydrogen-bond donors (Lipinski definition) is 2. The van der Waals surface area contributed by atoms with Gasteiger partial charge in [-0.1, -0.05) is 25.5 Å². The Morgan fingerprint density at radius 2 is 1.95 bits per heavy atom. The average molecular weight is 265 g/mol. The van der Waals surface area contributed by atoms with Gasteiger partial charge in [0.05, 0.1) is 6.42 Å². The zero-order valence-electron chi connectivity index (χ0n) is 11.0. The van der Waals surface area contributed by atoms with E-state index in [0.717, 1.165) is 12.8 Å². The Kier molecular flexibility index (Phi) is 6.60. The van der Waals surface area contributed by atoms with E-state index in [4.69, 9.17) is 9.84 Å². The maximum atomic E-state index is 11.5. The lowest BCUT2D eigenvalue weighted by molar-refractivity contribution is -0.136. The van der Waals surface area contributed by atoms with Gasteiger partial charge in [-0.05, 0) is 24.1 Å². The lowest BCUT2D eigenvalue weighted by Crippen LogP contribution is -2.18. The SMILES string of the molecule is CCCCOCC(=O)Nc1ccc(CC(=O)O)cc1. The van der Waals surface area contributed by atoms with E-state index in [9.17, 15) is 9.59 Å². The molecule has 2 N–H and O–H groups in total. The molecule has 0 spiro atoms. The van der Waals surface area contributed by atoms with Gasteiger partial charge in [-0.15, -0.1) is 0 Å². The van der Waals surface area contributed by atoms with Crippen molar-refractivity contribution in [3.05, 3.63) is 29.8 Å². The topological polar surface area (TPSA) is 75.6 Å². The van der Waals surface area contributed by atoms with Crippen molar-refractivity contribution in [1.82, 2.24) is 0 Å². The molecule has 5 nitrogen and oxygen atoms in total. The molecule has 0 saturated carbocycles. The number of hydrogen-bond acceptors (Lipinski definition) is 3. The van der Waals surface area contributed by atoms with Crippen molar-refractivity contribution in [3.63, 3.8) is 0 Å². The van der Waals surface area contributed by atoms with E-state index in [1.807, 2.05) is 0 Å². The summed E-state index contributed by atoms with van der Waals surface area (Å²) < 4.78 is 5.19. The largest absolute Gasteiger partial charge is 0.481 e. The Morgan fingerprint density at radius 3 is 2.53 bits per heavy atom. The molecule has 0 fully saturated rings. The van der Waals surface area contributed by atoms with Crippen LogP contribution in [-0.4, -0.2) is 30.2 Å². The Bertz CT molecular complexity index is 414. The lowest BCUT2D eigenvalue weighted by Gasteiger charge is -2.06. The summed E-state index contributed by atoms with van der Waals surface area (Å²) in [5, 5.41) is 11.3. The summed E-state index contributed by atoms with van der Waals surface area (Å²) in [4.78, 5) is 22.0. The molecule has 0 aliphatic carbocycles. The summed E-state index contributed by atoms with van der Waals surface area (Å²) in [6, 6.07) is 6.73. The van der Waals surface area contributed by atoms with E-state index in [-0.39, 0.29) is 18.9 Å². The molecule has 1 aromatic carbocycles. The van der Waals surface area contributed by atoms with Crippen molar-refractivity contribution in [2.75, 3.05) is 18.5 Å². The number of carboxylic acids is 1. The summed E-state index contributed by atoms with van der Waals surface area (Å²) in [6.07, 6.45) is 1.96. The van der Waals surface area contributed by atoms with E-state index in [0.29, 0.717) is 17.9 Å². The van der Waals surface area contributed by atoms with Crippen molar-refractivity contribution >= 4 is 17.6 Å². The van der Waals surface area contributed by atoms with Gasteiger partial charge in [-0.3, -0.25) is 9.59 Å². The van der Waals surface area contributed by atoms with E-state index < -0.39 is 5.97 Å². The molecular weight excluding hydrogens is 246 g/mol. The highest BCUT2D eigenvalue weighted by atomic mass is 16.5. The number of ether oxygens (including phenoxy) is 1. The van der Waals surface area contributed by atoms with Crippen molar-refractivity contribution < 1.29 is 19.4 Å². The van der Waals surface area contributed by atoms with Gasteiger partial charge in [0.25, 0.3) is 0 Å². The maximum absolute atomic E-state index is 11.5. The number of rotatable bonds is 8. The van der Waals surface area contributed by atoms with Crippen LogP contribution in [0.2, 0.25) is 0 Å². The van der Waals surface area contributed by atoms with Crippen molar-refractivity contribution in [1.29, 1.82) is 0 Å². The summed E-state index contributed by atoms with van der Waals surface area (Å²) in [6.45, 7) is 2.68. The standard InChI is InChI=1S/C14H19NO4/c1-2-3-8-19-10-13(16)15-12-6-4-11(5-7-12)9-14(17)18/h4-7H,2-3,8-10H2,1H3,(H,15,16)(H,17,18). The van der Waals surface area contributed by atoms with Crippen LogP contribution in [0.4, 0.5) is 5.69 Å². The molecule has 0 aromatic heterocycles. The molecule has 19 heavy (non-hydrogen) atoms. The third-order valence-corrected chi connectivity index (χ3v) is 2.47. The van der Waals surface area contributed by atoms with Crippen molar-refractivity contribution in [2.45, 2.75) is 26.2 Å². The number of unbranched alkanes of at least 4 members (excludes halogenated alkanes) is 1. The van der Waals surface area contributed by atoms with Crippen LogP contribution in [0.15, 0.2) is 24.3 Å². The van der Waals surface area contributed by atoms with Crippen molar-refractivity contribution in [2.24, 2.45) is 0 Å². The third kappa shape index (κ3) is 6.57. The predicted molar refractivity (Wildman–Crippen MR) is 72.1 cm³/mol. The van der Waals surface area contributed by atoms with Gasteiger partial charge in [-0.25, -0.2) is 0 Å². The Hall–Kier alpha value is -1.88. The Morgan fingerprint density at radius 1 is 1.26 bits per heavy atom. The summed E-state index contributed by atoms with van der Waals surface area (Å²) in [5.74, 6) is -1.08. The molecule has 0 bridgehead atoms. The van der Waals surface area contributed by atoms with Crippen LogP contribution in [0.1, 0.15) is 25.3 Å².